The van der Waals surface area contributed by atoms with Crippen LogP contribution in [0.1, 0.15) is 68.1 Å². The molecule has 2 aromatic rings. The number of nitrogens with one attached hydrogen (secondary N) is 1. The first-order valence-corrected chi connectivity index (χ1v) is 16.2. The van der Waals surface area contributed by atoms with Gasteiger partial charge in [0.15, 0.2) is 27.3 Å². The number of anilines is 1. The highest BCUT2D eigenvalue weighted by Gasteiger charge is 2.55. The molecule has 4 N–H and O–H groups in total. The lowest BCUT2D eigenvalue weighted by atomic mass is 9.71. The summed E-state index contributed by atoms with van der Waals surface area (Å²) in [4.78, 5) is 25.4. The normalized spacial score (nSPS) is 30.7. The summed E-state index contributed by atoms with van der Waals surface area (Å²) in [6.07, 6.45) is 0.941. The molecule has 234 valence electrons. The SMILES string of the molecule is O=C(Nc1cc(F)c(F)c(F)c1)c1ccc(Cl)c(S(=O)(=O)C2CC3CC[C@@H](C2)C3(O)CCC(=O)C2CCC(O)C(O)C2)c1. The van der Waals surface area contributed by atoms with Crippen molar-refractivity contribution in [3.05, 3.63) is 58.4 Å². The summed E-state index contributed by atoms with van der Waals surface area (Å²) in [5.74, 6) is -6.79. The van der Waals surface area contributed by atoms with E-state index in [4.69, 9.17) is 11.6 Å². The smallest absolute Gasteiger partial charge is 0.255 e. The number of amides is 1. The minimum atomic E-state index is -4.09. The Balaban J connectivity index is 1.28. The van der Waals surface area contributed by atoms with E-state index in [0.29, 0.717) is 37.8 Å². The first kappa shape index (κ1) is 31.9. The highest BCUT2D eigenvalue weighted by molar-refractivity contribution is 7.92. The Morgan fingerprint density at radius 3 is 2.16 bits per heavy atom. The van der Waals surface area contributed by atoms with E-state index in [-0.39, 0.29) is 76.8 Å². The Bertz CT molecular complexity index is 1500. The summed E-state index contributed by atoms with van der Waals surface area (Å²) in [6.45, 7) is 0. The van der Waals surface area contributed by atoms with Crippen LogP contribution in [0.4, 0.5) is 18.9 Å². The van der Waals surface area contributed by atoms with Crippen molar-refractivity contribution in [1.29, 1.82) is 0 Å². The standard InChI is InChI=1S/C30H33ClF3NO7S/c31-21-5-1-16(29(39)35-19-13-22(32)28(34)23(33)14-19)10-27(21)43(41,42)20-11-17-3-4-18(12-20)30(17,40)8-7-24(36)15-2-6-25(37)26(38)9-15/h1,5,10,13-15,17-18,20,25-26,37-38,40H,2-4,6-9,11-12H2,(H,35,39)/t15?,17-,18?,20?,25?,26?,30?/m0/s1. The number of carbonyl (C=O) groups is 2. The number of hydrogen-bond donors (Lipinski definition) is 4. The number of ketones is 1. The molecule has 1 amide bonds. The van der Waals surface area contributed by atoms with E-state index in [9.17, 15) is 46.5 Å². The van der Waals surface area contributed by atoms with Crippen LogP contribution in [-0.4, -0.2) is 58.5 Å². The van der Waals surface area contributed by atoms with Crippen LogP contribution in [0.5, 0.6) is 0 Å². The number of aliphatic hydroxyl groups excluding tert-OH is 2. The summed E-state index contributed by atoms with van der Waals surface area (Å²) in [5, 5.41) is 32.5. The fraction of sp³-hybridized carbons (Fsp3) is 0.533. The molecule has 3 fully saturated rings. The Morgan fingerprint density at radius 1 is 0.930 bits per heavy atom. The number of Topliss-reactive ketones (excluding diaryl/α,β-unsaturated/α-hetero) is 1. The molecule has 0 spiro atoms. The van der Waals surface area contributed by atoms with Gasteiger partial charge in [-0.2, -0.15) is 0 Å². The number of benzene rings is 2. The van der Waals surface area contributed by atoms with Gasteiger partial charge in [-0.05, 0) is 81.4 Å². The maximum Gasteiger partial charge on any atom is 0.255 e. The van der Waals surface area contributed by atoms with Crippen molar-refractivity contribution < 1.29 is 46.5 Å². The molecule has 6 unspecified atom stereocenters. The predicted molar refractivity (Wildman–Crippen MR) is 151 cm³/mol. The molecule has 2 aromatic carbocycles. The molecule has 0 radical (unpaired) electrons. The molecule has 3 aliphatic carbocycles. The molecule has 3 saturated carbocycles. The van der Waals surface area contributed by atoms with Gasteiger partial charge in [0, 0.05) is 35.7 Å². The third-order valence-corrected chi connectivity index (χ3v) is 12.2. The second-order valence-corrected chi connectivity index (χ2v) is 14.7. The highest BCUT2D eigenvalue weighted by Crippen LogP contribution is 2.54. The molecule has 0 saturated heterocycles. The summed E-state index contributed by atoms with van der Waals surface area (Å²) in [7, 11) is -4.09. The average Bonchev–Trinajstić information content (AvgIpc) is 3.11. The fourth-order valence-electron chi connectivity index (χ4n) is 7.10. The zero-order valence-corrected chi connectivity index (χ0v) is 24.7. The van der Waals surface area contributed by atoms with Crippen LogP contribution in [-0.2, 0) is 14.6 Å². The maximum atomic E-state index is 13.8. The molecular weight excluding hydrogens is 611 g/mol. The first-order chi connectivity index (χ1) is 20.2. The number of hydrogen-bond acceptors (Lipinski definition) is 7. The van der Waals surface area contributed by atoms with E-state index in [1.54, 1.807) is 0 Å². The number of fused-ring (bicyclic) bond motifs is 2. The average molecular weight is 644 g/mol. The van der Waals surface area contributed by atoms with Crippen LogP contribution in [0.15, 0.2) is 35.2 Å². The van der Waals surface area contributed by atoms with Gasteiger partial charge in [0.2, 0.25) is 0 Å². The zero-order valence-electron chi connectivity index (χ0n) is 23.1. The largest absolute Gasteiger partial charge is 0.390 e. The molecule has 8 nitrogen and oxygen atoms in total. The van der Waals surface area contributed by atoms with E-state index in [2.05, 4.69) is 5.32 Å². The molecule has 0 aliphatic heterocycles. The van der Waals surface area contributed by atoms with Crippen molar-refractivity contribution in [3.8, 4) is 0 Å². The van der Waals surface area contributed by atoms with Gasteiger partial charge in [-0.1, -0.05) is 11.6 Å². The lowest BCUT2D eigenvalue weighted by molar-refractivity contribution is -0.130. The van der Waals surface area contributed by atoms with Gasteiger partial charge >= 0.3 is 0 Å². The van der Waals surface area contributed by atoms with Gasteiger partial charge < -0.3 is 20.6 Å². The van der Waals surface area contributed by atoms with Crippen molar-refractivity contribution in [3.63, 3.8) is 0 Å². The minimum Gasteiger partial charge on any atom is -0.390 e. The van der Waals surface area contributed by atoms with Gasteiger partial charge in [-0.3, -0.25) is 9.59 Å². The molecular formula is C30H33ClF3NO7S. The molecule has 2 bridgehead atoms. The van der Waals surface area contributed by atoms with E-state index < -0.39 is 56.3 Å². The summed E-state index contributed by atoms with van der Waals surface area (Å²) in [6, 6.07) is 4.76. The zero-order chi connectivity index (χ0) is 31.3. The molecule has 13 heteroatoms. The van der Waals surface area contributed by atoms with Crippen molar-refractivity contribution in [1.82, 2.24) is 0 Å². The van der Waals surface area contributed by atoms with Crippen LogP contribution < -0.4 is 5.32 Å². The molecule has 43 heavy (non-hydrogen) atoms. The van der Waals surface area contributed by atoms with Crippen LogP contribution in [0.3, 0.4) is 0 Å². The van der Waals surface area contributed by atoms with E-state index >= 15 is 0 Å². The quantitative estimate of drug-likeness (QED) is 0.309. The first-order valence-electron chi connectivity index (χ1n) is 14.3. The Kier molecular flexibility index (Phi) is 8.99. The second kappa shape index (κ2) is 12.1. The lowest BCUT2D eigenvalue weighted by Crippen LogP contribution is -2.48. The third kappa shape index (κ3) is 6.22. The highest BCUT2D eigenvalue weighted by atomic mass is 35.5. The molecule has 5 rings (SSSR count). The van der Waals surface area contributed by atoms with Crippen LogP contribution in [0.25, 0.3) is 0 Å². The summed E-state index contributed by atoms with van der Waals surface area (Å²) in [5.41, 5.74) is -1.72. The van der Waals surface area contributed by atoms with Crippen molar-refractivity contribution in [2.75, 3.05) is 5.32 Å². The topological polar surface area (TPSA) is 141 Å². The van der Waals surface area contributed by atoms with Gasteiger partial charge in [0.25, 0.3) is 5.91 Å². The summed E-state index contributed by atoms with van der Waals surface area (Å²) < 4.78 is 68.0. The Hall–Kier alpha value is -2.51. The van der Waals surface area contributed by atoms with Gasteiger partial charge in [0.05, 0.1) is 33.0 Å². The number of rotatable bonds is 8. The number of sulfone groups is 1. The minimum absolute atomic E-state index is 0.0819. The number of halogens is 4. The maximum absolute atomic E-state index is 13.8. The molecule has 0 aromatic heterocycles. The van der Waals surface area contributed by atoms with Gasteiger partial charge in [-0.15, -0.1) is 0 Å². The van der Waals surface area contributed by atoms with Crippen molar-refractivity contribution >= 4 is 38.8 Å². The van der Waals surface area contributed by atoms with Gasteiger partial charge in [0.1, 0.15) is 5.78 Å². The predicted octanol–water partition coefficient (Wildman–Crippen LogP) is 4.57. The third-order valence-electron chi connectivity index (χ3n) is 9.56. The number of carbonyl (C=O) groups excluding carboxylic acids is 2. The molecule has 7 atom stereocenters. The Morgan fingerprint density at radius 2 is 1.56 bits per heavy atom. The molecule has 3 aliphatic rings. The van der Waals surface area contributed by atoms with Crippen LogP contribution in [0.2, 0.25) is 5.02 Å². The second-order valence-electron chi connectivity index (χ2n) is 12.1. The lowest BCUT2D eigenvalue weighted by Gasteiger charge is -2.43. The fourth-order valence-corrected chi connectivity index (χ4v) is 9.50. The van der Waals surface area contributed by atoms with Crippen LogP contribution in [0, 0.1) is 35.2 Å². The Labute approximate surface area is 252 Å². The van der Waals surface area contributed by atoms with Crippen LogP contribution >= 0.6 is 11.6 Å². The van der Waals surface area contributed by atoms with E-state index in [0.717, 1.165) is 6.07 Å². The monoisotopic (exact) mass is 643 g/mol. The van der Waals surface area contributed by atoms with Crippen molar-refractivity contribution in [2.24, 2.45) is 17.8 Å². The van der Waals surface area contributed by atoms with E-state index in [1.165, 1.54) is 12.1 Å². The number of aliphatic hydroxyl groups is 3. The van der Waals surface area contributed by atoms with Crippen molar-refractivity contribution in [2.45, 2.75) is 85.7 Å². The summed E-state index contributed by atoms with van der Waals surface area (Å²) >= 11 is 6.27. The molecule has 0 heterocycles. The van der Waals surface area contributed by atoms with E-state index in [1.807, 2.05) is 0 Å². The van der Waals surface area contributed by atoms with Gasteiger partial charge in [-0.25, -0.2) is 21.6 Å².